The maximum Gasteiger partial charge on any atom is 0.329 e. The minimum Gasteiger partial charge on any atom is -0.468 e. The Hall–Kier alpha value is -2.46. The standard InChI is InChI=1S/C32H62N6O8S/c1-15-22(33-6)16-45-31(42)26(20(2)3)37(12)28(39)24(35(8)9)18-47-19-25(36(10)11)29(40)38(13)27(21(4)5)32(43)46-17-23(34-7)30(41)44-14/h20-27,33-34H,15-19H2,1-14H3/t22-,23+,24-,25-,26-,27-/m0/s1. The zero-order valence-corrected chi connectivity index (χ0v) is 31.9. The summed E-state index contributed by atoms with van der Waals surface area (Å²) in [7, 11) is 15.0. The van der Waals surface area contributed by atoms with Gasteiger partial charge in [0.25, 0.3) is 0 Å². The molecule has 0 bridgehead atoms. The van der Waals surface area contributed by atoms with E-state index in [1.165, 1.54) is 28.7 Å². The first-order valence-corrected chi connectivity index (χ1v) is 17.3. The van der Waals surface area contributed by atoms with Gasteiger partial charge in [0.15, 0.2) is 0 Å². The number of thioether (sulfide) groups is 1. The molecule has 0 saturated heterocycles. The first-order chi connectivity index (χ1) is 21.9. The van der Waals surface area contributed by atoms with Gasteiger partial charge in [0, 0.05) is 31.6 Å². The van der Waals surface area contributed by atoms with Crippen molar-refractivity contribution in [3.8, 4) is 0 Å². The Morgan fingerprint density at radius 1 is 0.660 bits per heavy atom. The Balaban J connectivity index is 5.70. The number of carbonyl (C=O) groups excluding carboxylic acids is 5. The molecule has 0 radical (unpaired) electrons. The van der Waals surface area contributed by atoms with Crippen molar-refractivity contribution in [1.29, 1.82) is 0 Å². The van der Waals surface area contributed by atoms with Crippen LogP contribution >= 0.6 is 11.8 Å². The van der Waals surface area contributed by atoms with Crippen molar-refractivity contribution in [2.45, 2.75) is 77.3 Å². The number of hydrogen-bond acceptors (Lipinski definition) is 13. The smallest absolute Gasteiger partial charge is 0.329 e. The highest BCUT2D eigenvalue weighted by Crippen LogP contribution is 2.20. The highest BCUT2D eigenvalue weighted by atomic mass is 32.2. The number of likely N-dealkylation sites (N-methyl/N-ethyl adjacent to an activating group) is 6. The molecule has 0 aliphatic carbocycles. The van der Waals surface area contributed by atoms with Crippen LogP contribution in [0.4, 0.5) is 0 Å². The first kappa shape index (κ1) is 44.5. The van der Waals surface area contributed by atoms with E-state index in [-0.39, 0.29) is 42.9 Å². The SMILES string of the molecule is CC[C@@H](COC(=O)[C@H](C(C)C)N(C)C(=O)[C@H](CSC[C@@H](C(=O)N(C)[C@H](C(=O)OC[C@@H](NC)C(=O)OC)C(C)C)N(C)C)N(C)C)NC. The molecule has 0 heterocycles. The number of hydrogen-bond donors (Lipinski definition) is 2. The number of nitrogens with one attached hydrogen (secondary N) is 2. The van der Waals surface area contributed by atoms with E-state index in [1.54, 1.807) is 59.1 Å². The van der Waals surface area contributed by atoms with Gasteiger partial charge in [-0.15, -0.1) is 0 Å². The number of ether oxygens (including phenoxy) is 3. The van der Waals surface area contributed by atoms with Gasteiger partial charge < -0.3 is 34.6 Å². The van der Waals surface area contributed by atoms with Crippen molar-refractivity contribution in [1.82, 2.24) is 30.2 Å². The Morgan fingerprint density at radius 3 is 1.36 bits per heavy atom. The summed E-state index contributed by atoms with van der Waals surface area (Å²) >= 11 is 1.44. The van der Waals surface area contributed by atoms with Crippen molar-refractivity contribution >= 4 is 41.5 Å². The average molecular weight is 691 g/mol. The molecule has 2 amide bonds. The summed E-state index contributed by atoms with van der Waals surface area (Å²) < 4.78 is 15.8. The maximum absolute atomic E-state index is 13.8. The number of rotatable bonds is 22. The van der Waals surface area contributed by atoms with Crippen molar-refractivity contribution < 1.29 is 38.2 Å². The van der Waals surface area contributed by atoms with E-state index in [2.05, 4.69) is 10.6 Å². The van der Waals surface area contributed by atoms with Crippen molar-refractivity contribution in [3.05, 3.63) is 0 Å². The molecule has 0 unspecified atom stereocenters. The molecule has 0 aromatic heterocycles. The molecule has 14 nitrogen and oxygen atoms in total. The molecule has 6 atom stereocenters. The Kier molecular flexibility index (Phi) is 21.1. The van der Waals surface area contributed by atoms with Crippen LogP contribution in [-0.2, 0) is 38.2 Å². The van der Waals surface area contributed by atoms with E-state index in [0.29, 0.717) is 11.5 Å². The van der Waals surface area contributed by atoms with Crippen LogP contribution in [0.5, 0.6) is 0 Å². The third-order valence-corrected chi connectivity index (χ3v) is 9.30. The zero-order chi connectivity index (χ0) is 36.6. The molecule has 0 aromatic carbocycles. The zero-order valence-electron chi connectivity index (χ0n) is 31.1. The highest BCUT2D eigenvalue weighted by molar-refractivity contribution is 7.99. The molecular formula is C32H62N6O8S. The molecule has 2 N–H and O–H groups in total. The minimum absolute atomic E-state index is 0.0313. The fourth-order valence-corrected chi connectivity index (χ4v) is 6.47. The third kappa shape index (κ3) is 13.9. The Morgan fingerprint density at radius 2 is 1.06 bits per heavy atom. The molecule has 0 aliphatic rings. The van der Waals surface area contributed by atoms with Gasteiger partial charge in [0.2, 0.25) is 11.8 Å². The van der Waals surface area contributed by atoms with Gasteiger partial charge in [0.1, 0.15) is 31.3 Å². The Labute approximate surface area is 286 Å². The second-order valence-electron chi connectivity index (χ2n) is 12.8. The van der Waals surface area contributed by atoms with E-state index < -0.39 is 48.1 Å². The monoisotopic (exact) mass is 690 g/mol. The summed E-state index contributed by atoms with van der Waals surface area (Å²) in [6.07, 6.45) is 0.799. The van der Waals surface area contributed by atoms with Gasteiger partial charge in [-0.1, -0.05) is 34.6 Å². The van der Waals surface area contributed by atoms with Crippen LogP contribution in [-0.4, -0.2) is 174 Å². The number of carbonyl (C=O) groups is 5. The number of nitrogens with zero attached hydrogens (tertiary/aromatic N) is 4. The van der Waals surface area contributed by atoms with Crippen LogP contribution in [0.3, 0.4) is 0 Å². The predicted molar refractivity (Wildman–Crippen MR) is 185 cm³/mol. The molecule has 0 rings (SSSR count). The van der Waals surface area contributed by atoms with Gasteiger partial charge in [-0.05, 0) is 60.5 Å². The van der Waals surface area contributed by atoms with Crippen molar-refractivity contribution in [3.63, 3.8) is 0 Å². The van der Waals surface area contributed by atoms with Crippen molar-refractivity contribution in [2.75, 3.05) is 88.2 Å². The van der Waals surface area contributed by atoms with Crippen LogP contribution in [0, 0.1) is 11.8 Å². The van der Waals surface area contributed by atoms with Gasteiger partial charge >= 0.3 is 17.9 Å². The summed E-state index contributed by atoms with van der Waals surface area (Å²) in [5, 5.41) is 5.86. The minimum atomic E-state index is -0.886. The molecule has 0 spiro atoms. The number of esters is 3. The summed E-state index contributed by atoms with van der Waals surface area (Å²) in [5.41, 5.74) is 0. The largest absolute Gasteiger partial charge is 0.468 e. The topological polar surface area (TPSA) is 150 Å². The van der Waals surface area contributed by atoms with E-state index in [1.807, 2.05) is 41.7 Å². The van der Waals surface area contributed by atoms with Crippen LogP contribution in [0.25, 0.3) is 0 Å². The van der Waals surface area contributed by atoms with E-state index in [4.69, 9.17) is 14.2 Å². The van der Waals surface area contributed by atoms with E-state index >= 15 is 0 Å². The summed E-state index contributed by atoms with van der Waals surface area (Å²) in [6, 6.07) is -3.61. The summed E-state index contributed by atoms with van der Waals surface area (Å²) in [6.45, 7) is 9.38. The lowest BCUT2D eigenvalue weighted by atomic mass is 10.0. The van der Waals surface area contributed by atoms with E-state index in [9.17, 15) is 24.0 Å². The lowest BCUT2D eigenvalue weighted by Crippen LogP contribution is -2.55. The molecule has 0 saturated carbocycles. The van der Waals surface area contributed by atoms with Gasteiger partial charge in [-0.2, -0.15) is 11.8 Å². The van der Waals surface area contributed by atoms with Crippen molar-refractivity contribution in [2.24, 2.45) is 11.8 Å². The Bertz CT molecular complexity index is 995. The van der Waals surface area contributed by atoms with Gasteiger partial charge in [0.05, 0.1) is 19.2 Å². The lowest BCUT2D eigenvalue weighted by Gasteiger charge is -2.35. The fourth-order valence-electron chi connectivity index (χ4n) is 5.01. The van der Waals surface area contributed by atoms with Crippen LogP contribution < -0.4 is 10.6 Å². The molecular weight excluding hydrogens is 628 g/mol. The average Bonchev–Trinajstić information content (AvgIpc) is 3.00. The van der Waals surface area contributed by atoms with Crippen LogP contribution in [0.1, 0.15) is 41.0 Å². The molecule has 0 aromatic rings. The van der Waals surface area contributed by atoms with E-state index in [0.717, 1.165) is 6.42 Å². The second kappa shape index (κ2) is 22.2. The predicted octanol–water partition coefficient (Wildman–Crippen LogP) is 0.391. The maximum atomic E-state index is 13.8. The summed E-state index contributed by atoms with van der Waals surface area (Å²) in [5.74, 6) is -1.86. The van der Waals surface area contributed by atoms with Crippen LogP contribution in [0.2, 0.25) is 0 Å². The fraction of sp³-hybridized carbons (Fsp3) is 0.844. The summed E-state index contributed by atoms with van der Waals surface area (Å²) in [4.78, 5) is 72.1. The second-order valence-corrected chi connectivity index (χ2v) is 13.9. The molecule has 15 heteroatoms. The van der Waals surface area contributed by atoms with Crippen LogP contribution in [0.15, 0.2) is 0 Å². The quantitative estimate of drug-likeness (QED) is 0.119. The third-order valence-electron chi connectivity index (χ3n) is 8.20. The normalized spacial score (nSPS) is 15.5. The first-order valence-electron chi connectivity index (χ1n) is 16.1. The molecule has 0 aliphatic heterocycles. The number of amides is 2. The van der Waals surface area contributed by atoms with Gasteiger partial charge in [-0.25, -0.2) is 9.59 Å². The number of methoxy groups -OCH3 is 1. The molecule has 274 valence electrons. The van der Waals surface area contributed by atoms with Gasteiger partial charge in [-0.3, -0.25) is 24.2 Å². The molecule has 47 heavy (non-hydrogen) atoms. The lowest BCUT2D eigenvalue weighted by molar-refractivity contribution is -0.160. The highest BCUT2D eigenvalue weighted by Gasteiger charge is 2.38. The molecule has 0 fully saturated rings.